The topological polar surface area (TPSA) is 77.8 Å². The van der Waals surface area contributed by atoms with Crippen molar-refractivity contribution in [1.82, 2.24) is 5.06 Å². The average molecular weight is 145 g/mol. The van der Waals surface area contributed by atoms with E-state index in [1.165, 1.54) is 0 Å². The number of nitrogens with zero attached hydrogens (tertiary/aromatic N) is 1. The Labute approximate surface area is 56.8 Å². The van der Waals surface area contributed by atoms with E-state index >= 15 is 0 Å². The molecule has 1 aliphatic heterocycles. The van der Waals surface area contributed by atoms with Gasteiger partial charge in [-0.1, -0.05) is 0 Å². The molecule has 1 amide bonds. The van der Waals surface area contributed by atoms with Crippen LogP contribution in [0.2, 0.25) is 0 Å². The monoisotopic (exact) mass is 145 g/mol. The molecule has 0 aromatic heterocycles. The highest BCUT2D eigenvalue weighted by Crippen LogP contribution is 2.14. The normalized spacial score (nSPS) is 25.5. The molecule has 0 spiro atoms. The lowest BCUT2D eigenvalue weighted by molar-refractivity contribution is -0.157. The summed E-state index contributed by atoms with van der Waals surface area (Å²) in [5, 5.41) is 17.4. The summed E-state index contributed by atoms with van der Waals surface area (Å²) in [5.74, 6) is -2.30. The van der Waals surface area contributed by atoms with Crippen molar-refractivity contribution in [2.75, 3.05) is 6.54 Å². The van der Waals surface area contributed by atoms with Gasteiger partial charge >= 0.3 is 5.97 Å². The lowest BCUT2D eigenvalue weighted by Gasteiger charge is -2.03. The first-order valence-electron chi connectivity index (χ1n) is 2.83. The minimum Gasteiger partial charge on any atom is -0.481 e. The standard InChI is InChI=1S/C5H7NO4/c7-4-1-3(5(8)9)2-6(4)10/h3,10H,1-2H2,(H,8,9). The summed E-state index contributed by atoms with van der Waals surface area (Å²) in [6, 6.07) is 0. The van der Waals surface area contributed by atoms with Crippen LogP contribution < -0.4 is 0 Å². The van der Waals surface area contributed by atoms with Gasteiger partial charge in [0.1, 0.15) is 0 Å². The summed E-state index contributed by atoms with van der Waals surface area (Å²) in [6.45, 7) is -0.0891. The van der Waals surface area contributed by atoms with Crippen LogP contribution >= 0.6 is 0 Å². The molecule has 0 bridgehead atoms. The maximum Gasteiger partial charge on any atom is 0.308 e. The van der Waals surface area contributed by atoms with Gasteiger partial charge in [-0.3, -0.25) is 14.8 Å². The predicted octanol–water partition coefficient (Wildman–Crippen LogP) is -0.691. The third-order valence-electron chi connectivity index (χ3n) is 1.45. The lowest BCUT2D eigenvalue weighted by Crippen LogP contribution is -2.21. The minimum atomic E-state index is -1.04. The molecule has 56 valence electrons. The largest absolute Gasteiger partial charge is 0.481 e. The molecule has 1 heterocycles. The quantitative estimate of drug-likeness (QED) is 0.478. The highest BCUT2D eigenvalue weighted by Gasteiger charge is 2.33. The molecule has 1 aliphatic rings. The van der Waals surface area contributed by atoms with Crippen LogP contribution in [0, 0.1) is 5.92 Å². The Balaban J connectivity index is 2.57. The zero-order valence-corrected chi connectivity index (χ0v) is 5.15. The third kappa shape index (κ3) is 1.08. The van der Waals surface area contributed by atoms with Crippen molar-refractivity contribution in [2.24, 2.45) is 5.92 Å². The van der Waals surface area contributed by atoms with Crippen LogP contribution in [0.4, 0.5) is 0 Å². The fourth-order valence-electron chi connectivity index (χ4n) is 0.857. The lowest BCUT2D eigenvalue weighted by atomic mass is 10.1. The Hall–Kier alpha value is -1.10. The molecular formula is C5H7NO4. The molecule has 1 rings (SSSR count). The summed E-state index contributed by atoms with van der Waals surface area (Å²) in [7, 11) is 0. The van der Waals surface area contributed by atoms with Gasteiger partial charge in [0, 0.05) is 6.42 Å². The molecule has 2 N–H and O–H groups in total. The Morgan fingerprint density at radius 3 is 2.50 bits per heavy atom. The van der Waals surface area contributed by atoms with Gasteiger partial charge in [0.25, 0.3) is 0 Å². The van der Waals surface area contributed by atoms with Crippen LogP contribution in [-0.2, 0) is 9.59 Å². The number of carbonyl (C=O) groups excluding carboxylic acids is 1. The minimum absolute atomic E-state index is 0.0891. The van der Waals surface area contributed by atoms with Gasteiger partial charge in [0.05, 0.1) is 12.5 Å². The maximum absolute atomic E-state index is 10.5. The van der Waals surface area contributed by atoms with Gasteiger partial charge < -0.3 is 5.11 Å². The van der Waals surface area contributed by atoms with Crippen molar-refractivity contribution in [3.8, 4) is 0 Å². The number of hydrogen-bond acceptors (Lipinski definition) is 3. The van der Waals surface area contributed by atoms with Crippen molar-refractivity contribution in [3.63, 3.8) is 0 Å². The molecule has 10 heavy (non-hydrogen) atoms. The van der Waals surface area contributed by atoms with Gasteiger partial charge in [-0.25, -0.2) is 5.06 Å². The summed E-state index contributed by atoms with van der Waals surface area (Å²) in [6.07, 6.45) is -0.0914. The number of aliphatic carboxylic acids is 1. The fraction of sp³-hybridized carbons (Fsp3) is 0.600. The first kappa shape index (κ1) is 7.01. The first-order valence-corrected chi connectivity index (χ1v) is 2.83. The molecule has 1 saturated heterocycles. The zero-order valence-electron chi connectivity index (χ0n) is 5.15. The van der Waals surface area contributed by atoms with Gasteiger partial charge in [0.2, 0.25) is 5.91 Å². The molecule has 5 nitrogen and oxygen atoms in total. The number of rotatable bonds is 1. The number of carboxylic acid groups (broad SMARTS) is 1. The number of hydrogen-bond donors (Lipinski definition) is 2. The van der Waals surface area contributed by atoms with E-state index in [9.17, 15) is 9.59 Å². The molecule has 0 saturated carbocycles. The molecule has 5 heteroatoms. The highest BCUT2D eigenvalue weighted by atomic mass is 16.5. The van der Waals surface area contributed by atoms with Crippen molar-refractivity contribution >= 4 is 11.9 Å². The van der Waals surface area contributed by atoms with Crippen LogP contribution in [0.25, 0.3) is 0 Å². The average Bonchev–Trinajstić information content (AvgIpc) is 2.13. The van der Waals surface area contributed by atoms with E-state index in [-0.39, 0.29) is 13.0 Å². The van der Waals surface area contributed by atoms with Gasteiger partial charge in [-0.15, -0.1) is 0 Å². The molecule has 0 aromatic rings. The van der Waals surface area contributed by atoms with E-state index in [1.54, 1.807) is 0 Å². The van der Waals surface area contributed by atoms with E-state index < -0.39 is 17.8 Å². The Bertz CT molecular complexity index is 178. The molecular weight excluding hydrogens is 138 g/mol. The van der Waals surface area contributed by atoms with Crippen molar-refractivity contribution in [1.29, 1.82) is 0 Å². The summed E-state index contributed by atoms with van der Waals surface area (Å²) < 4.78 is 0. The fourth-order valence-corrected chi connectivity index (χ4v) is 0.857. The summed E-state index contributed by atoms with van der Waals surface area (Å²) in [5.41, 5.74) is 0. The predicted molar refractivity (Wildman–Crippen MR) is 29.2 cm³/mol. The Morgan fingerprint density at radius 1 is 1.70 bits per heavy atom. The van der Waals surface area contributed by atoms with E-state index in [0.29, 0.717) is 5.06 Å². The van der Waals surface area contributed by atoms with Crippen LogP contribution in [0.15, 0.2) is 0 Å². The first-order chi connectivity index (χ1) is 4.61. The molecule has 0 aliphatic carbocycles. The van der Waals surface area contributed by atoms with Crippen molar-refractivity contribution in [2.45, 2.75) is 6.42 Å². The second-order valence-corrected chi connectivity index (χ2v) is 2.22. The molecule has 0 aromatic carbocycles. The summed E-state index contributed by atoms with van der Waals surface area (Å²) >= 11 is 0. The van der Waals surface area contributed by atoms with Gasteiger partial charge in [-0.05, 0) is 0 Å². The van der Waals surface area contributed by atoms with E-state index in [1.807, 2.05) is 0 Å². The third-order valence-corrected chi connectivity index (χ3v) is 1.45. The maximum atomic E-state index is 10.5. The highest BCUT2D eigenvalue weighted by molar-refractivity contribution is 5.85. The van der Waals surface area contributed by atoms with Crippen LogP contribution in [0.5, 0.6) is 0 Å². The van der Waals surface area contributed by atoms with Gasteiger partial charge in [0.15, 0.2) is 0 Å². The summed E-state index contributed by atoms with van der Waals surface area (Å²) in [4.78, 5) is 20.7. The number of hydroxylamine groups is 2. The second kappa shape index (κ2) is 2.26. The molecule has 1 atom stereocenters. The molecule has 1 unspecified atom stereocenters. The number of carbonyl (C=O) groups is 2. The zero-order chi connectivity index (χ0) is 7.72. The van der Waals surface area contributed by atoms with E-state index in [0.717, 1.165) is 0 Å². The van der Waals surface area contributed by atoms with Crippen molar-refractivity contribution in [3.05, 3.63) is 0 Å². The number of carboxylic acids is 1. The van der Waals surface area contributed by atoms with E-state index in [2.05, 4.69) is 0 Å². The molecule has 0 radical (unpaired) electrons. The SMILES string of the molecule is O=C(O)C1CC(=O)N(O)C1. The van der Waals surface area contributed by atoms with Crippen molar-refractivity contribution < 1.29 is 19.9 Å². The van der Waals surface area contributed by atoms with Crippen LogP contribution in [-0.4, -0.2) is 33.8 Å². The molecule has 1 fully saturated rings. The second-order valence-electron chi connectivity index (χ2n) is 2.22. The van der Waals surface area contributed by atoms with Crippen LogP contribution in [0.3, 0.4) is 0 Å². The number of amides is 1. The van der Waals surface area contributed by atoms with E-state index in [4.69, 9.17) is 10.3 Å². The van der Waals surface area contributed by atoms with Gasteiger partial charge in [-0.2, -0.15) is 0 Å². The Kier molecular flexibility index (Phi) is 1.58. The van der Waals surface area contributed by atoms with Crippen LogP contribution in [0.1, 0.15) is 6.42 Å². The Morgan fingerprint density at radius 2 is 2.30 bits per heavy atom. The smallest absolute Gasteiger partial charge is 0.308 e.